The molecule has 1 spiro atoms. The maximum Gasteiger partial charge on any atom is 0.325 e. The van der Waals surface area contributed by atoms with Crippen LogP contribution < -0.4 is 16.0 Å². The normalized spacial score (nSPS) is 27.7. The smallest absolute Gasteiger partial charge is 0.325 e. The fourth-order valence-electron chi connectivity index (χ4n) is 3.11. The molecule has 2 rings (SSSR count). The van der Waals surface area contributed by atoms with E-state index in [0.717, 1.165) is 24.2 Å². The van der Waals surface area contributed by atoms with Gasteiger partial charge in [0, 0.05) is 7.05 Å². The van der Waals surface area contributed by atoms with Crippen molar-refractivity contribution in [3.05, 3.63) is 0 Å². The molecule has 2 fully saturated rings. The molecule has 1 aliphatic carbocycles. The lowest BCUT2D eigenvalue weighted by Crippen LogP contribution is -2.50. The van der Waals surface area contributed by atoms with Crippen molar-refractivity contribution in [2.45, 2.75) is 44.6 Å². The number of hydrogen-bond acceptors (Lipinski definition) is 4. The molecule has 0 bridgehead atoms. The van der Waals surface area contributed by atoms with Crippen LogP contribution in [-0.4, -0.2) is 47.9 Å². The third-order valence-electron chi connectivity index (χ3n) is 4.56. The van der Waals surface area contributed by atoms with Crippen LogP contribution in [0.2, 0.25) is 0 Å². The first kappa shape index (κ1) is 16.3. The zero-order valence-corrected chi connectivity index (χ0v) is 12.9. The molecule has 8 nitrogen and oxygen atoms in total. The highest BCUT2D eigenvalue weighted by molar-refractivity contribution is 6.10. The molecule has 8 heteroatoms. The fraction of sp³-hybridized carbons (Fsp3) is 0.714. The van der Waals surface area contributed by atoms with E-state index >= 15 is 0 Å². The second-order valence-corrected chi connectivity index (χ2v) is 5.88. The van der Waals surface area contributed by atoms with Gasteiger partial charge in [0.2, 0.25) is 5.91 Å². The van der Waals surface area contributed by atoms with Crippen LogP contribution in [0.25, 0.3) is 0 Å². The summed E-state index contributed by atoms with van der Waals surface area (Å²) in [6.07, 6.45) is 4.05. The minimum atomic E-state index is -0.865. The van der Waals surface area contributed by atoms with Crippen molar-refractivity contribution >= 4 is 23.9 Å². The molecule has 0 aromatic carbocycles. The predicted octanol–water partition coefficient (Wildman–Crippen LogP) is 0.333. The molecule has 22 heavy (non-hydrogen) atoms. The number of imide groups is 2. The van der Waals surface area contributed by atoms with Crippen LogP contribution >= 0.6 is 0 Å². The first-order valence-corrected chi connectivity index (χ1v) is 7.57. The lowest BCUT2D eigenvalue weighted by molar-refractivity contribution is -0.135. The summed E-state index contributed by atoms with van der Waals surface area (Å²) in [5.41, 5.74) is -0.865. The molecule has 122 valence electrons. The maximum atomic E-state index is 12.5. The highest BCUT2D eigenvalue weighted by Crippen LogP contribution is 2.37. The zero-order chi connectivity index (χ0) is 16.3. The van der Waals surface area contributed by atoms with Crippen LogP contribution in [0.5, 0.6) is 0 Å². The van der Waals surface area contributed by atoms with E-state index in [0.29, 0.717) is 18.8 Å². The van der Waals surface area contributed by atoms with Gasteiger partial charge in [-0.1, -0.05) is 13.3 Å². The quantitative estimate of drug-likeness (QED) is 0.653. The second kappa shape index (κ2) is 6.33. The third-order valence-corrected chi connectivity index (χ3v) is 4.56. The van der Waals surface area contributed by atoms with E-state index in [1.807, 2.05) is 5.32 Å². The summed E-state index contributed by atoms with van der Waals surface area (Å²) in [4.78, 5) is 48.2. The monoisotopic (exact) mass is 310 g/mol. The van der Waals surface area contributed by atoms with Crippen LogP contribution in [0.15, 0.2) is 0 Å². The van der Waals surface area contributed by atoms with Gasteiger partial charge in [0.1, 0.15) is 12.1 Å². The van der Waals surface area contributed by atoms with Crippen molar-refractivity contribution in [3.8, 4) is 0 Å². The first-order chi connectivity index (χ1) is 10.4. The molecular formula is C14H22N4O4. The van der Waals surface area contributed by atoms with E-state index in [2.05, 4.69) is 17.6 Å². The van der Waals surface area contributed by atoms with Gasteiger partial charge in [-0.25, -0.2) is 9.59 Å². The molecule has 1 aliphatic heterocycles. The van der Waals surface area contributed by atoms with Gasteiger partial charge in [-0.2, -0.15) is 0 Å². The highest BCUT2D eigenvalue weighted by Gasteiger charge is 2.52. The van der Waals surface area contributed by atoms with Crippen molar-refractivity contribution in [3.63, 3.8) is 0 Å². The number of rotatable bonds is 3. The number of nitrogens with zero attached hydrogens (tertiary/aromatic N) is 1. The first-order valence-electron chi connectivity index (χ1n) is 7.57. The topological polar surface area (TPSA) is 108 Å². The number of amides is 6. The van der Waals surface area contributed by atoms with Crippen molar-refractivity contribution < 1.29 is 19.2 Å². The zero-order valence-electron chi connectivity index (χ0n) is 12.9. The summed E-state index contributed by atoms with van der Waals surface area (Å²) in [6, 6.07) is -1.23. The predicted molar refractivity (Wildman–Crippen MR) is 77.8 cm³/mol. The Morgan fingerprint density at radius 2 is 1.95 bits per heavy atom. The maximum absolute atomic E-state index is 12.5. The Morgan fingerprint density at radius 1 is 1.32 bits per heavy atom. The molecule has 0 aromatic heterocycles. The summed E-state index contributed by atoms with van der Waals surface area (Å²) < 4.78 is 0. The molecule has 0 atom stereocenters. The Hall–Kier alpha value is -2.12. The van der Waals surface area contributed by atoms with Crippen molar-refractivity contribution in [2.75, 3.05) is 13.6 Å². The van der Waals surface area contributed by atoms with Gasteiger partial charge in [0.15, 0.2) is 0 Å². The van der Waals surface area contributed by atoms with Crippen molar-refractivity contribution in [1.29, 1.82) is 0 Å². The van der Waals surface area contributed by atoms with E-state index in [1.165, 1.54) is 7.05 Å². The Kier molecular flexibility index (Phi) is 4.68. The number of urea groups is 2. The standard InChI is InChI=1S/C14H22N4O4/c1-3-9-4-6-14(7-5-9)11(20)18(13(22)17-14)8-10(19)16-12(21)15-2/h9H,3-8H2,1-2H3,(H,17,22)(H2,15,16,19,21). The number of hydrogen-bond donors (Lipinski definition) is 3. The van der Waals surface area contributed by atoms with Gasteiger partial charge in [-0.15, -0.1) is 0 Å². The van der Waals surface area contributed by atoms with Gasteiger partial charge in [0.25, 0.3) is 5.91 Å². The Balaban J connectivity index is 2.00. The van der Waals surface area contributed by atoms with E-state index in [4.69, 9.17) is 0 Å². The third kappa shape index (κ3) is 3.05. The summed E-state index contributed by atoms with van der Waals surface area (Å²) in [6.45, 7) is 1.67. The van der Waals surface area contributed by atoms with Crippen LogP contribution in [-0.2, 0) is 9.59 Å². The molecule has 0 aromatic rings. The molecule has 0 unspecified atom stereocenters. The SMILES string of the molecule is CCC1CCC2(CC1)NC(=O)N(CC(=O)NC(=O)NC)C2=O. The molecular weight excluding hydrogens is 288 g/mol. The van der Waals surface area contributed by atoms with Gasteiger partial charge >= 0.3 is 12.1 Å². The Bertz CT molecular complexity index is 497. The molecule has 3 N–H and O–H groups in total. The highest BCUT2D eigenvalue weighted by atomic mass is 16.2. The van der Waals surface area contributed by atoms with Gasteiger partial charge in [-0.3, -0.25) is 19.8 Å². The Morgan fingerprint density at radius 3 is 2.50 bits per heavy atom. The van der Waals surface area contributed by atoms with E-state index in [-0.39, 0.29) is 5.91 Å². The lowest BCUT2D eigenvalue weighted by atomic mass is 9.75. The van der Waals surface area contributed by atoms with E-state index in [1.54, 1.807) is 0 Å². The van der Waals surface area contributed by atoms with Crippen LogP contribution in [0.1, 0.15) is 39.0 Å². The molecule has 1 saturated carbocycles. The van der Waals surface area contributed by atoms with Crippen molar-refractivity contribution in [1.82, 2.24) is 20.9 Å². The fourth-order valence-corrected chi connectivity index (χ4v) is 3.11. The summed E-state index contributed by atoms with van der Waals surface area (Å²) in [5, 5.41) is 7.02. The summed E-state index contributed by atoms with van der Waals surface area (Å²) in [5.74, 6) is -0.470. The summed E-state index contributed by atoms with van der Waals surface area (Å²) >= 11 is 0. The second-order valence-electron chi connectivity index (χ2n) is 5.88. The molecule has 0 radical (unpaired) electrons. The number of nitrogens with one attached hydrogen (secondary N) is 3. The molecule has 2 aliphatic rings. The average molecular weight is 310 g/mol. The van der Waals surface area contributed by atoms with Crippen LogP contribution in [0, 0.1) is 5.92 Å². The lowest BCUT2D eigenvalue weighted by Gasteiger charge is -2.34. The van der Waals surface area contributed by atoms with E-state index < -0.39 is 30.1 Å². The summed E-state index contributed by atoms with van der Waals surface area (Å²) in [7, 11) is 1.37. The van der Waals surface area contributed by atoms with Crippen molar-refractivity contribution in [2.24, 2.45) is 5.92 Å². The minimum absolute atomic E-state index is 0.362. The molecule has 6 amide bonds. The number of carbonyl (C=O) groups excluding carboxylic acids is 4. The van der Waals surface area contributed by atoms with Crippen LogP contribution in [0.3, 0.4) is 0 Å². The number of carbonyl (C=O) groups is 4. The van der Waals surface area contributed by atoms with E-state index in [9.17, 15) is 19.2 Å². The largest absolute Gasteiger partial charge is 0.341 e. The average Bonchev–Trinajstić information content (AvgIpc) is 2.72. The Labute approximate surface area is 129 Å². The van der Waals surface area contributed by atoms with Gasteiger partial charge in [0.05, 0.1) is 0 Å². The van der Waals surface area contributed by atoms with Crippen LogP contribution in [0.4, 0.5) is 9.59 Å². The molecule has 1 saturated heterocycles. The molecule has 1 heterocycles. The van der Waals surface area contributed by atoms with Gasteiger partial charge < -0.3 is 10.6 Å². The minimum Gasteiger partial charge on any atom is -0.341 e. The van der Waals surface area contributed by atoms with Gasteiger partial charge in [-0.05, 0) is 31.6 Å².